The first kappa shape index (κ1) is 8.07. The zero-order valence-corrected chi connectivity index (χ0v) is 6.37. The molecule has 0 radical (unpaired) electrons. The molecule has 1 heterocycles. The van der Waals surface area contributed by atoms with Gasteiger partial charge in [-0.2, -0.15) is 0 Å². The summed E-state index contributed by atoms with van der Waals surface area (Å²) in [5.74, 6) is -0.801. The Labute approximate surface area is 65.3 Å². The monoisotopic (exact) mass is 156 g/mol. The van der Waals surface area contributed by atoms with Gasteiger partial charge in [0.1, 0.15) is 6.04 Å². The van der Waals surface area contributed by atoms with Crippen molar-refractivity contribution in [3.63, 3.8) is 0 Å². The second kappa shape index (κ2) is 3.39. The molecule has 0 saturated heterocycles. The first-order valence-corrected chi connectivity index (χ1v) is 3.60. The Balaban J connectivity index is 2.54. The van der Waals surface area contributed by atoms with E-state index in [1.807, 2.05) is 13.0 Å². The summed E-state index contributed by atoms with van der Waals surface area (Å²) in [4.78, 5) is 10.5. The third-order valence-corrected chi connectivity index (χ3v) is 1.59. The molecule has 1 rings (SSSR count). The second-order valence-corrected chi connectivity index (χ2v) is 2.58. The normalized spacial score (nSPS) is 30.6. The Morgan fingerprint density at radius 1 is 1.73 bits per heavy atom. The van der Waals surface area contributed by atoms with E-state index < -0.39 is 12.0 Å². The lowest BCUT2D eigenvalue weighted by Gasteiger charge is -2.15. The molecule has 0 aromatic heterocycles. The zero-order chi connectivity index (χ0) is 8.27. The highest BCUT2D eigenvalue weighted by Crippen LogP contribution is 1.98. The van der Waals surface area contributed by atoms with Gasteiger partial charge in [0.05, 0.1) is 6.17 Å². The number of carboxylic acid groups (broad SMARTS) is 1. The van der Waals surface area contributed by atoms with Crippen LogP contribution in [0.4, 0.5) is 0 Å². The molecular formula is C7H12N2O2. The average molecular weight is 156 g/mol. The Hall–Kier alpha value is -1.03. The van der Waals surface area contributed by atoms with Gasteiger partial charge in [-0.1, -0.05) is 6.08 Å². The molecule has 0 aromatic rings. The number of carboxylic acids is 1. The van der Waals surface area contributed by atoms with Gasteiger partial charge in [0.15, 0.2) is 0 Å². The predicted octanol–water partition coefficient (Wildman–Crippen LogP) is -0.118. The Kier molecular flexibility index (Phi) is 2.48. The highest BCUT2D eigenvalue weighted by molar-refractivity contribution is 5.73. The van der Waals surface area contributed by atoms with Crippen LogP contribution >= 0.6 is 0 Å². The Morgan fingerprint density at radius 2 is 2.45 bits per heavy atom. The van der Waals surface area contributed by atoms with E-state index in [0.29, 0.717) is 6.42 Å². The van der Waals surface area contributed by atoms with E-state index in [-0.39, 0.29) is 6.17 Å². The van der Waals surface area contributed by atoms with Crippen molar-refractivity contribution in [3.05, 3.63) is 12.3 Å². The molecule has 2 unspecified atom stereocenters. The summed E-state index contributed by atoms with van der Waals surface area (Å²) in [7, 11) is 0. The summed E-state index contributed by atoms with van der Waals surface area (Å²) >= 11 is 0. The Bertz CT molecular complexity index is 179. The molecule has 4 nitrogen and oxygen atoms in total. The van der Waals surface area contributed by atoms with E-state index >= 15 is 0 Å². The lowest BCUT2D eigenvalue weighted by Crippen LogP contribution is -2.45. The first-order chi connectivity index (χ1) is 5.20. The van der Waals surface area contributed by atoms with Crippen molar-refractivity contribution >= 4 is 5.97 Å². The van der Waals surface area contributed by atoms with E-state index in [2.05, 4.69) is 10.6 Å². The van der Waals surface area contributed by atoms with Crippen LogP contribution in [0.2, 0.25) is 0 Å². The number of carbonyl (C=O) groups is 1. The lowest BCUT2D eigenvalue weighted by atomic mass is 10.2. The second-order valence-electron chi connectivity index (χ2n) is 2.58. The molecule has 0 aliphatic carbocycles. The van der Waals surface area contributed by atoms with Gasteiger partial charge in [0.25, 0.3) is 0 Å². The summed E-state index contributed by atoms with van der Waals surface area (Å²) in [6.45, 7) is 1.88. The minimum absolute atomic E-state index is 0.0230. The molecule has 4 heteroatoms. The van der Waals surface area contributed by atoms with Crippen molar-refractivity contribution in [1.82, 2.24) is 10.6 Å². The summed E-state index contributed by atoms with van der Waals surface area (Å²) < 4.78 is 0. The maximum absolute atomic E-state index is 10.5. The molecule has 1 aliphatic rings. The van der Waals surface area contributed by atoms with Gasteiger partial charge in [-0.25, -0.2) is 0 Å². The molecule has 0 spiro atoms. The summed E-state index contributed by atoms with van der Waals surface area (Å²) in [5, 5.41) is 14.5. The lowest BCUT2D eigenvalue weighted by molar-refractivity contribution is -0.139. The molecule has 0 bridgehead atoms. The van der Waals surface area contributed by atoms with Crippen molar-refractivity contribution in [1.29, 1.82) is 0 Å². The van der Waals surface area contributed by atoms with Gasteiger partial charge in [0.2, 0.25) is 0 Å². The van der Waals surface area contributed by atoms with Gasteiger partial charge in [-0.3, -0.25) is 10.1 Å². The van der Waals surface area contributed by atoms with Crippen LogP contribution in [0, 0.1) is 0 Å². The molecule has 0 aromatic carbocycles. The van der Waals surface area contributed by atoms with Crippen molar-refractivity contribution in [2.24, 2.45) is 0 Å². The smallest absolute Gasteiger partial charge is 0.321 e. The van der Waals surface area contributed by atoms with E-state index in [1.165, 1.54) is 0 Å². The molecule has 0 fully saturated rings. The van der Waals surface area contributed by atoms with Gasteiger partial charge in [0, 0.05) is 0 Å². The standard InChI is InChI=1S/C7H12N2O2/c1-5-8-4-2-3-6(9-5)7(10)11/h2,4-6,8-9H,3H2,1H3,(H,10,11). The molecule has 2 atom stereocenters. The fourth-order valence-corrected chi connectivity index (χ4v) is 1.01. The van der Waals surface area contributed by atoms with Crippen LogP contribution in [-0.4, -0.2) is 23.3 Å². The highest BCUT2D eigenvalue weighted by Gasteiger charge is 2.18. The van der Waals surface area contributed by atoms with E-state index in [4.69, 9.17) is 5.11 Å². The van der Waals surface area contributed by atoms with Crippen LogP contribution in [0.1, 0.15) is 13.3 Å². The third-order valence-electron chi connectivity index (χ3n) is 1.59. The number of hydrogen-bond acceptors (Lipinski definition) is 3. The Morgan fingerprint density at radius 3 is 3.09 bits per heavy atom. The maximum atomic E-state index is 10.5. The first-order valence-electron chi connectivity index (χ1n) is 3.60. The largest absolute Gasteiger partial charge is 0.480 e. The molecule has 0 amide bonds. The van der Waals surface area contributed by atoms with Crippen molar-refractivity contribution in [3.8, 4) is 0 Å². The highest BCUT2D eigenvalue weighted by atomic mass is 16.4. The maximum Gasteiger partial charge on any atom is 0.321 e. The van der Waals surface area contributed by atoms with Crippen LogP contribution < -0.4 is 10.6 Å². The van der Waals surface area contributed by atoms with Crippen molar-refractivity contribution < 1.29 is 9.90 Å². The molecule has 0 saturated carbocycles. The van der Waals surface area contributed by atoms with E-state index in [1.54, 1.807) is 6.20 Å². The topological polar surface area (TPSA) is 61.4 Å². The zero-order valence-electron chi connectivity index (χ0n) is 6.37. The van der Waals surface area contributed by atoms with Crippen molar-refractivity contribution in [2.45, 2.75) is 25.6 Å². The van der Waals surface area contributed by atoms with Crippen LogP contribution in [0.5, 0.6) is 0 Å². The number of nitrogens with one attached hydrogen (secondary N) is 2. The minimum Gasteiger partial charge on any atom is -0.480 e. The van der Waals surface area contributed by atoms with Crippen LogP contribution in [0.25, 0.3) is 0 Å². The van der Waals surface area contributed by atoms with E-state index in [0.717, 1.165) is 0 Å². The van der Waals surface area contributed by atoms with Crippen LogP contribution in [-0.2, 0) is 4.79 Å². The number of hydrogen-bond donors (Lipinski definition) is 3. The van der Waals surface area contributed by atoms with Gasteiger partial charge in [-0.15, -0.1) is 0 Å². The quantitative estimate of drug-likeness (QED) is 0.495. The van der Waals surface area contributed by atoms with Crippen molar-refractivity contribution in [2.75, 3.05) is 0 Å². The fourth-order valence-electron chi connectivity index (χ4n) is 1.01. The molecule has 1 aliphatic heterocycles. The average Bonchev–Trinajstić information content (AvgIpc) is 2.13. The van der Waals surface area contributed by atoms with Crippen LogP contribution in [0.3, 0.4) is 0 Å². The molecule has 11 heavy (non-hydrogen) atoms. The number of aliphatic carboxylic acids is 1. The van der Waals surface area contributed by atoms with Gasteiger partial charge in [-0.05, 0) is 19.5 Å². The SMILES string of the molecule is CC1NC=CCC(C(=O)O)N1. The van der Waals surface area contributed by atoms with Crippen LogP contribution in [0.15, 0.2) is 12.3 Å². The molecule has 62 valence electrons. The molecule has 3 N–H and O–H groups in total. The fraction of sp³-hybridized carbons (Fsp3) is 0.571. The molecular weight excluding hydrogens is 144 g/mol. The minimum atomic E-state index is -0.801. The summed E-state index contributed by atoms with van der Waals surface area (Å²) in [6.07, 6.45) is 4.15. The third kappa shape index (κ3) is 2.23. The summed E-state index contributed by atoms with van der Waals surface area (Å²) in [6, 6.07) is -0.462. The predicted molar refractivity (Wildman–Crippen MR) is 40.9 cm³/mol. The number of rotatable bonds is 1. The van der Waals surface area contributed by atoms with Gasteiger partial charge >= 0.3 is 5.97 Å². The van der Waals surface area contributed by atoms with E-state index in [9.17, 15) is 4.79 Å². The summed E-state index contributed by atoms with van der Waals surface area (Å²) in [5.41, 5.74) is 0. The van der Waals surface area contributed by atoms with Gasteiger partial charge < -0.3 is 10.4 Å².